The number of hydrogen-bond acceptors (Lipinski definition) is 4. The summed E-state index contributed by atoms with van der Waals surface area (Å²) in [6, 6.07) is 15.5. The summed E-state index contributed by atoms with van der Waals surface area (Å²) >= 11 is 9.79. The zero-order valence-electron chi connectivity index (χ0n) is 16.1. The Morgan fingerprint density at radius 3 is 2.63 bits per heavy atom. The summed E-state index contributed by atoms with van der Waals surface area (Å²) < 4.78 is 14.7. The van der Waals surface area contributed by atoms with Gasteiger partial charge in [-0.2, -0.15) is 0 Å². The number of aromatic nitrogens is 3. The number of hydrogen-bond donors (Lipinski definition) is 0. The monoisotopic (exact) mass is 483 g/mol. The molecule has 0 amide bonds. The molecule has 0 spiro atoms. The zero-order chi connectivity index (χ0) is 20.5. The molecule has 4 aromatic rings. The molecule has 1 aliphatic carbocycles. The first-order valence-corrected chi connectivity index (χ1v) is 11.0. The van der Waals surface area contributed by atoms with Crippen molar-refractivity contribution in [3.05, 3.63) is 87.4 Å². The molecule has 0 unspecified atom stereocenters. The molecule has 0 aliphatic heterocycles. The summed E-state index contributed by atoms with van der Waals surface area (Å²) in [6.45, 7) is 0.739. The lowest BCUT2D eigenvalue weighted by molar-refractivity contribution is 0.279. The standard InChI is InChI=1S/C23H19BrClN3O2/c24-20-8-17(16-6-7-16)11-28-12-18(26-23(20)28)14-30-22-10-19(9-21(25)27-22)29-13-15-4-2-1-3-5-15/h1-5,8-12,16H,6-7,13-14H2. The third-order valence-electron chi connectivity index (χ3n) is 4.99. The van der Waals surface area contributed by atoms with Crippen molar-refractivity contribution in [2.75, 3.05) is 0 Å². The molecule has 30 heavy (non-hydrogen) atoms. The van der Waals surface area contributed by atoms with Gasteiger partial charge in [-0.3, -0.25) is 0 Å². The van der Waals surface area contributed by atoms with E-state index in [-0.39, 0.29) is 0 Å². The Bertz CT molecular complexity index is 1190. The molecule has 3 aromatic heterocycles. The molecular weight excluding hydrogens is 466 g/mol. The van der Waals surface area contributed by atoms with E-state index in [1.807, 2.05) is 36.5 Å². The zero-order valence-corrected chi connectivity index (χ0v) is 18.4. The fourth-order valence-electron chi connectivity index (χ4n) is 3.33. The lowest BCUT2D eigenvalue weighted by Gasteiger charge is -2.09. The lowest BCUT2D eigenvalue weighted by Crippen LogP contribution is -2.00. The molecule has 7 heteroatoms. The van der Waals surface area contributed by atoms with Gasteiger partial charge in [0.05, 0.1) is 10.2 Å². The van der Waals surface area contributed by atoms with Gasteiger partial charge in [0.25, 0.3) is 0 Å². The van der Waals surface area contributed by atoms with Crippen molar-refractivity contribution in [2.45, 2.75) is 32.0 Å². The Hall–Kier alpha value is -2.57. The summed E-state index contributed by atoms with van der Waals surface area (Å²) in [7, 11) is 0. The topological polar surface area (TPSA) is 48.7 Å². The van der Waals surface area contributed by atoms with Gasteiger partial charge in [0.2, 0.25) is 5.88 Å². The van der Waals surface area contributed by atoms with E-state index in [0.29, 0.717) is 35.9 Å². The fraction of sp³-hybridized carbons (Fsp3) is 0.217. The molecule has 1 aromatic carbocycles. The van der Waals surface area contributed by atoms with Crippen molar-refractivity contribution >= 4 is 33.2 Å². The maximum atomic E-state index is 6.15. The number of ether oxygens (including phenoxy) is 2. The van der Waals surface area contributed by atoms with Crippen molar-refractivity contribution < 1.29 is 9.47 Å². The van der Waals surface area contributed by atoms with Crippen LogP contribution in [0.1, 0.15) is 35.6 Å². The van der Waals surface area contributed by atoms with Crippen molar-refractivity contribution in [3.63, 3.8) is 0 Å². The maximum absolute atomic E-state index is 6.15. The SMILES string of the molecule is Clc1cc(OCc2ccccc2)cc(OCc2cn3cc(C4CC4)cc(Br)c3n2)n1. The van der Waals surface area contributed by atoms with Crippen molar-refractivity contribution in [2.24, 2.45) is 0 Å². The van der Waals surface area contributed by atoms with E-state index in [2.05, 4.69) is 42.6 Å². The Morgan fingerprint density at radius 2 is 1.83 bits per heavy atom. The van der Waals surface area contributed by atoms with E-state index in [1.54, 1.807) is 12.1 Å². The summed E-state index contributed by atoms with van der Waals surface area (Å²) in [5, 5.41) is 0.322. The number of imidazole rings is 1. The van der Waals surface area contributed by atoms with Crippen LogP contribution >= 0.6 is 27.5 Å². The summed E-state index contributed by atoms with van der Waals surface area (Å²) in [5.74, 6) is 1.69. The Labute approximate surface area is 187 Å². The van der Waals surface area contributed by atoms with Crippen LogP contribution in [-0.2, 0) is 13.2 Å². The highest BCUT2D eigenvalue weighted by Crippen LogP contribution is 2.41. The van der Waals surface area contributed by atoms with Crippen LogP contribution in [0.25, 0.3) is 5.65 Å². The minimum atomic E-state index is 0.290. The molecule has 1 aliphatic rings. The van der Waals surface area contributed by atoms with E-state index >= 15 is 0 Å². The predicted octanol–water partition coefficient (Wildman–Crippen LogP) is 6.18. The van der Waals surface area contributed by atoms with E-state index < -0.39 is 0 Å². The van der Waals surface area contributed by atoms with Gasteiger partial charge in [-0.25, -0.2) is 9.97 Å². The van der Waals surface area contributed by atoms with Gasteiger partial charge in [0, 0.05) is 24.5 Å². The second-order valence-corrected chi connectivity index (χ2v) is 8.63. The summed E-state index contributed by atoms with van der Waals surface area (Å²) in [4.78, 5) is 8.91. The van der Waals surface area contributed by atoms with Gasteiger partial charge in [-0.15, -0.1) is 0 Å². The van der Waals surface area contributed by atoms with Gasteiger partial charge in [0.15, 0.2) is 5.65 Å². The lowest BCUT2D eigenvalue weighted by atomic mass is 10.2. The van der Waals surface area contributed by atoms with Gasteiger partial charge >= 0.3 is 0 Å². The van der Waals surface area contributed by atoms with Gasteiger partial charge in [-0.05, 0) is 51.9 Å². The molecule has 0 N–H and O–H groups in total. The van der Waals surface area contributed by atoms with Crippen LogP contribution < -0.4 is 9.47 Å². The van der Waals surface area contributed by atoms with Gasteiger partial charge < -0.3 is 13.9 Å². The first kappa shape index (κ1) is 19.4. The quantitative estimate of drug-likeness (QED) is 0.294. The number of halogens is 2. The van der Waals surface area contributed by atoms with Crippen LogP contribution in [0, 0.1) is 0 Å². The predicted molar refractivity (Wildman–Crippen MR) is 119 cm³/mol. The van der Waals surface area contributed by atoms with Crippen molar-refractivity contribution in [3.8, 4) is 11.6 Å². The second kappa shape index (κ2) is 8.28. The number of rotatable bonds is 7. The number of pyridine rings is 2. The first-order chi connectivity index (χ1) is 14.6. The average Bonchev–Trinajstić information content (AvgIpc) is 3.51. The van der Waals surface area contributed by atoms with Crippen LogP contribution in [0.2, 0.25) is 5.15 Å². The van der Waals surface area contributed by atoms with E-state index in [0.717, 1.165) is 21.4 Å². The van der Waals surface area contributed by atoms with E-state index in [1.165, 1.54) is 18.4 Å². The molecule has 0 atom stereocenters. The van der Waals surface area contributed by atoms with Crippen LogP contribution in [-0.4, -0.2) is 14.4 Å². The molecule has 0 bridgehead atoms. The van der Waals surface area contributed by atoms with E-state index in [9.17, 15) is 0 Å². The minimum absolute atomic E-state index is 0.290. The van der Waals surface area contributed by atoms with Crippen molar-refractivity contribution in [1.82, 2.24) is 14.4 Å². The number of benzene rings is 1. The van der Waals surface area contributed by atoms with Crippen LogP contribution in [0.5, 0.6) is 11.6 Å². The van der Waals surface area contributed by atoms with Gasteiger partial charge in [-0.1, -0.05) is 41.9 Å². The molecule has 0 radical (unpaired) electrons. The molecular formula is C23H19BrClN3O2. The molecule has 1 fully saturated rings. The first-order valence-electron chi connectivity index (χ1n) is 9.78. The summed E-state index contributed by atoms with van der Waals surface area (Å²) in [5.41, 5.74) is 4.12. The Balaban J connectivity index is 1.28. The second-order valence-electron chi connectivity index (χ2n) is 7.39. The minimum Gasteiger partial charge on any atom is -0.489 e. The van der Waals surface area contributed by atoms with Crippen LogP contribution in [0.15, 0.2) is 65.4 Å². The van der Waals surface area contributed by atoms with Gasteiger partial charge in [0.1, 0.15) is 24.1 Å². The fourth-order valence-corrected chi connectivity index (χ4v) is 4.08. The summed E-state index contributed by atoms with van der Waals surface area (Å²) in [6.07, 6.45) is 6.67. The molecule has 3 heterocycles. The molecule has 1 saturated carbocycles. The molecule has 5 rings (SSSR count). The maximum Gasteiger partial charge on any atom is 0.218 e. The third kappa shape index (κ3) is 4.45. The van der Waals surface area contributed by atoms with E-state index in [4.69, 9.17) is 21.1 Å². The third-order valence-corrected chi connectivity index (χ3v) is 5.76. The molecule has 0 saturated heterocycles. The molecule has 152 valence electrons. The molecule has 5 nitrogen and oxygen atoms in total. The van der Waals surface area contributed by atoms with Crippen molar-refractivity contribution in [1.29, 1.82) is 0 Å². The highest BCUT2D eigenvalue weighted by molar-refractivity contribution is 9.10. The normalized spacial score (nSPS) is 13.5. The number of fused-ring (bicyclic) bond motifs is 1. The number of nitrogens with zero attached hydrogens (tertiary/aromatic N) is 3. The highest BCUT2D eigenvalue weighted by Gasteiger charge is 2.24. The van der Waals surface area contributed by atoms with Crippen LogP contribution in [0.3, 0.4) is 0 Å². The smallest absolute Gasteiger partial charge is 0.218 e. The Morgan fingerprint density at radius 1 is 1.00 bits per heavy atom. The Kier molecular flexibility index (Phi) is 5.35. The highest BCUT2D eigenvalue weighted by atomic mass is 79.9. The average molecular weight is 485 g/mol. The largest absolute Gasteiger partial charge is 0.489 e. The van der Waals surface area contributed by atoms with Crippen LogP contribution in [0.4, 0.5) is 0 Å².